The van der Waals surface area contributed by atoms with Crippen molar-refractivity contribution in [3.05, 3.63) is 328 Å². The van der Waals surface area contributed by atoms with Gasteiger partial charge in [0.05, 0.1) is 77.2 Å². The Kier molecular flexibility index (Phi) is 9.84. The van der Waals surface area contributed by atoms with Crippen molar-refractivity contribution in [2.75, 3.05) is 0 Å². The first kappa shape index (κ1) is 55.3. The SMILES string of the molecule is c1ccc(-n2c3ccccc3c3ccc4c(c5c6c(cc7c8ccccc8n(-c8ccccc8)c75)B5c7c(cccc7-n46)-c4cccc6c4n5c4c5cccc7c5n(c64)B4c5c-7cccc5-n5c6ccc7c8ccccc8n(-c8ccccc8)c7c6c6c5c4cc4c5ccccc5n(-c5ccccc5)c46)c32)cc1. The number of fused-ring (bicyclic) bond motifs is 35. The van der Waals surface area contributed by atoms with Crippen molar-refractivity contribution < 1.29 is 0 Å². The Hall–Kier alpha value is -14.2. The molecule has 4 aliphatic heterocycles. The maximum atomic E-state index is 2.87. The van der Waals surface area contributed by atoms with Gasteiger partial charge in [0, 0.05) is 132 Å². The molecule has 24 aromatic rings. The zero-order valence-corrected chi connectivity index (χ0v) is 57.9. The van der Waals surface area contributed by atoms with E-state index >= 15 is 0 Å². The Balaban J connectivity index is 0.814. The van der Waals surface area contributed by atoms with Gasteiger partial charge in [0.2, 0.25) is 0 Å². The Labute approximate surface area is 615 Å². The fourth-order valence-corrected chi connectivity index (χ4v) is 22.0. The Morgan fingerprint density at radius 3 is 0.852 bits per heavy atom. The van der Waals surface area contributed by atoms with E-state index in [0.29, 0.717) is 0 Å². The molecule has 8 aromatic heterocycles. The second-order valence-electron chi connectivity index (χ2n) is 30.4. The summed E-state index contributed by atoms with van der Waals surface area (Å²) in [5.41, 5.74) is 36.9. The zero-order valence-electron chi connectivity index (χ0n) is 57.9. The van der Waals surface area contributed by atoms with Crippen molar-refractivity contribution in [1.29, 1.82) is 0 Å². The van der Waals surface area contributed by atoms with Gasteiger partial charge in [-0.25, -0.2) is 0 Å². The number of nitrogens with zero attached hydrogens (tertiary/aromatic N) is 8. The number of aromatic nitrogens is 8. The summed E-state index contributed by atoms with van der Waals surface area (Å²) in [6.45, 7) is -0.490. The van der Waals surface area contributed by atoms with Crippen LogP contribution in [0.15, 0.2) is 328 Å². The molecule has 28 rings (SSSR count). The van der Waals surface area contributed by atoms with Crippen LogP contribution < -0.4 is 21.9 Å². The molecule has 0 atom stereocenters. The van der Waals surface area contributed by atoms with Crippen LogP contribution in [0.2, 0.25) is 0 Å². The molecule has 0 saturated carbocycles. The molecule has 0 aliphatic carbocycles. The molecule has 0 fully saturated rings. The van der Waals surface area contributed by atoms with Crippen LogP contribution in [0.1, 0.15) is 0 Å². The third kappa shape index (κ3) is 6.26. The highest BCUT2D eigenvalue weighted by Gasteiger charge is 2.48. The normalized spacial score (nSPS) is 13.3. The van der Waals surface area contributed by atoms with Crippen LogP contribution in [0.3, 0.4) is 0 Å². The minimum Gasteiger partial charge on any atom is -0.374 e. The quantitative estimate of drug-likeness (QED) is 0.158. The third-order valence-corrected chi connectivity index (χ3v) is 25.7. The molecule has 4 aliphatic rings. The Morgan fingerprint density at radius 2 is 0.481 bits per heavy atom. The lowest BCUT2D eigenvalue weighted by molar-refractivity contribution is 1.17. The second-order valence-corrected chi connectivity index (χ2v) is 30.4. The van der Waals surface area contributed by atoms with E-state index in [-0.39, 0.29) is 13.7 Å². The Morgan fingerprint density at radius 1 is 0.176 bits per heavy atom. The van der Waals surface area contributed by atoms with Crippen molar-refractivity contribution in [3.8, 4) is 56.4 Å². The van der Waals surface area contributed by atoms with E-state index in [4.69, 9.17) is 0 Å². The first-order valence-electron chi connectivity index (χ1n) is 37.7. The third-order valence-electron chi connectivity index (χ3n) is 25.7. The lowest BCUT2D eigenvalue weighted by Crippen LogP contribution is -2.55. The van der Waals surface area contributed by atoms with Gasteiger partial charge in [-0.1, -0.05) is 231 Å². The van der Waals surface area contributed by atoms with E-state index in [9.17, 15) is 0 Å². The van der Waals surface area contributed by atoms with Crippen LogP contribution in [-0.4, -0.2) is 50.1 Å². The maximum absolute atomic E-state index is 2.87. The van der Waals surface area contributed by atoms with E-state index in [1.165, 1.54) is 219 Å². The number of rotatable bonds is 4. The van der Waals surface area contributed by atoms with Gasteiger partial charge in [0.25, 0.3) is 0 Å². The summed E-state index contributed by atoms with van der Waals surface area (Å²) in [5.74, 6) is 0. The topological polar surface area (TPSA) is 39.4 Å². The van der Waals surface area contributed by atoms with Crippen LogP contribution in [0.4, 0.5) is 0 Å². The van der Waals surface area contributed by atoms with Crippen LogP contribution in [-0.2, 0) is 0 Å². The first-order valence-corrected chi connectivity index (χ1v) is 37.7. The number of hydrogen-bond donors (Lipinski definition) is 0. The van der Waals surface area contributed by atoms with E-state index in [1.807, 2.05) is 0 Å². The van der Waals surface area contributed by atoms with Crippen molar-refractivity contribution >= 4 is 199 Å². The summed E-state index contributed by atoms with van der Waals surface area (Å²) in [6.07, 6.45) is 0. The number of benzene rings is 16. The van der Waals surface area contributed by atoms with Crippen molar-refractivity contribution in [2.45, 2.75) is 0 Å². The summed E-state index contributed by atoms with van der Waals surface area (Å²) < 4.78 is 21.4. The molecule has 8 nitrogen and oxygen atoms in total. The average molecular weight is 1370 g/mol. The lowest BCUT2D eigenvalue weighted by Gasteiger charge is -2.34. The maximum Gasteiger partial charge on any atom is 0.333 e. The molecule has 0 spiro atoms. The van der Waals surface area contributed by atoms with Crippen molar-refractivity contribution in [2.24, 2.45) is 0 Å². The van der Waals surface area contributed by atoms with Gasteiger partial charge in [-0.3, -0.25) is 0 Å². The fourth-order valence-electron chi connectivity index (χ4n) is 22.0. The standard InChI is InChI=1S/C98H54B2N8/c1-5-25-55(26-6-1)101-75-43-17-13-33-59(75)67-49-51-79-83(91(67)101)85-93-71(61-35-15-19-45-77(61)103(93)57-29-9-3-10-30-57)53-73-97(85)105(79)81-47-23-37-63-65-39-21-41-69-89(65)107(99(73)87(63)81)95-70-42-22-40-66-64-38-24-48-82-88(64)100(108(90(66)70)96(69)95)74-54-72-62-36-16-20-46-78(62)104(58-31-11-4-12-32-58)94(72)86-84-80(106(82)98(74)86)52-50-68-60-34-14-18-44-76(60)102(92(68)84)56-27-7-2-8-28-56/h1-54H. The molecule has 492 valence electrons. The molecular weight excluding hydrogens is 1310 g/mol. The van der Waals surface area contributed by atoms with E-state index < -0.39 is 0 Å². The molecule has 10 heteroatoms. The Bertz CT molecular complexity index is 7870. The molecule has 0 radical (unpaired) electrons. The largest absolute Gasteiger partial charge is 0.374 e. The second kappa shape index (κ2) is 19.2. The predicted molar refractivity (Wildman–Crippen MR) is 453 cm³/mol. The first-order chi connectivity index (χ1) is 53.7. The van der Waals surface area contributed by atoms with Crippen LogP contribution in [0.5, 0.6) is 0 Å². The molecule has 0 N–H and O–H groups in total. The minimum absolute atomic E-state index is 0.245. The average Bonchev–Trinajstić information content (AvgIpc) is 1.47. The number of hydrogen-bond acceptors (Lipinski definition) is 0. The van der Waals surface area contributed by atoms with E-state index in [0.717, 1.165) is 22.7 Å². The predicted octanol–water partition coefficient (Wildman–Crippen LogP) is 21.2. The highest BCUT2D eigenvalue weighted by molar-refractivity contribution is 6.92. The lowest BCUT2D eigenvalue weighted by atomic mass is 9.45. The van der Waals surface area contributed by atoms with Gasteiger partial charge >= 0.3 is 13.7 Å². The van der Waals surface area contributed by atoms with Crippen LogP contribution in [0, 0.1) is 0 Å². The van der Waals surface area contributed by atoms with E-state index in [2.05, 4.69) is 364 Å². The molecule has 108 heavy (non-hydrogen) atoms. The molecule has 0 bridgehead atoms. The summed E-state index contributed by atoms with van der Waals surface area (Å²) in [7, 11) is 0. The number of para-hydroxylation sites is 10. The van der Waals surface area contributed by atoms with Gasteiger partial charge in [0.15, 0.2) is 0 Å². The van der Waals surface area contributed by atoms with Crippen molar-refractivity contribution in [1.82, 2.24) is 36.4 Å². The van der Waals surface area contributed by atoms with Gasteiger partial charge < -0.3 is 36.4 Å². The summed E-state index contributed by atoms with van der Waals surface area (Å²) in [6, 6.07) is 125. The molecule has 0 saturated heterocycles. The molecule has 0 unspecified atom stereocenters. The fraction of sp³-hybridized carbons (Fsp3) is 0. The minimum atomic E-state index is -0.245. The smallest absolute Gasteiger partial charge is 0.333 e. The molecule has 16 aromatic carbocycles. The van der Waals surface area contributed by atoms with Gasteiger partial charge in [-0.2, -0.15) is 0 Å². The summed E-state index contributed by atoms with van der Waals surface area (Å²) >= 11 is 0. The zero-order chi connectivity index (χ0) is 69.4. The van der Waals surface area contributed by atoms with E-state index in [1.54, 1.807) is 0 Å². The van der Waals surface area contributed by atoms with Gasteiger partial charge in [0.1, 0.15) is 0 Å². The highest BCUT2D eigenvalue weighted by Crippen LogP contribution is 2.54. The molecule has 0 amide bonds. The summed E-state index contributed by atoms with van der Waals surface area (Å²) in [5, 5.41) is 17.4. The van der Waals surface area contributed by atoms with Crippen LogP contribution >= 0.6 is 0 Å². The van der Waals surface area contributed by atoms with Gasteiger partial charge in [-0.15, -0.1) is 0 Å². The summed E-state index contributed by atoms with van der Waals surface area (Å²) in [4.78, 5) is 0. The molecular formula is C98H54B2N8. The van der Waals surface area contributed by atoms with Gasteiger partial charge in [-0.05, 0) is 130 Å². The van der Waals surface area contributed by atoms with Crippen molar-refractivity contribution in [3.63, 3.8) is 0 Å². The monoisotopic (exact) mass is 1360 g/mol. The van der Waals surface area contributed by atoms with Crippen LogP contribution in [0.25, 0.3) is 220 Å². The molecule has 12 heterocycles. The highest BCUT2D eigenvalue weighted by atomic mass is 15.1.